The van der Waals surface area contributed by atoms with E-state index in [1.54, 1.807) is 0 Å². The van der Waals surface area contributed by atoms with Crippen molar-refractivity contribution in [2.75, 3.05) is 11.9 Å². The molecule has 1 aromatic heterocycles. The maximum absolute atomic E-state index is 4.32. The van der Waals surface area contributed by atoms with Gasteiger partial charge in [-0.3, -0.25) is 0 Å². The highest BCUT2D eigenvalue weighted by molar-refractivity contribution is 5.31. The zero-order chi connectivity index (χ0) is 12.3. The molecule has 0 bridgehead atoms. The molecule has 1 atom stereocenters. The number of aryl methyl sites for hydroxylation is 1. The highest BCUT2D eigenvalue weighted by atomic mass is 15.2. The summed E-state index contributed by atoms with van der Waals surface area (Å²) in [4.78, 5) is 4.32. The molecule has 2 aromatic rings. The van der Waals surface area contributed by atoms with E-state index in [4.69, 9.17) is 0 Å². The zero-order valence-corrected chi connectivity index (χ0v) is 10.6. The van der Waals surface area contributed by atoms with Gasteiger partial charge in [0.2, 0.25) is 5.95 Å². The molecule has 1 N–H and O–H groups in total. The van der Waals surface area contributed by atoms with Crippen molar-refractivity contribution in [2.45, 2.75) is 26.8 Å². The topological polar surface area (TPSA) is 29.9 Å². The van der Waals surface area contributed by atoms with Crippen LogP contribution >= 0.6 is 0 Å². The molecule has 0 aliphatic carbocycles. The van der Waals surface area contributed by atoms with Crippen molar-refractivity contribution >= 4 is 5.95 Å². The van der Waals surface area contributed by atoms with Gasteiger partial charge in [-0.1, -0.05) is 29.8 Å². The van der Waals surface area contributed by atoms with Crippen LogP contribution in [0.15, 0.2) is 36.7 Å². The van der Waals surface area contributed by atoms with Crippen molar-refractivity contribution in [3.63, 3.8) is 0 Å². The lowest BCUT2D eigenvalue weighted by Gasteiger charge is -2.17. The van der Waals surface area contributed by atoms with Crippen molar-refractivity contribution in [3.05, 3.63) is 47.8 Å². The van der Waals surface area contributed by atoms with Crippen LogP contribution < -0.4 is 5.32 Å². The van der Waals surface area contributed by atoms with E-state index in [1.807, 2.05) is 12.4 Å². The first-order valence-electron chi connectivity index (χ1n) is 6.05. The van der Waals surface area contributed by atoms with Crippen LogP contribution in [0.1, 0.15) is 31.0 Å². The predicted octanol–water partition coefficient (Wildman–Crippen LogP) is 3.23. The Kier molecular flexibility index (Phi) is 3.47. The Morgan fingerprint density at radius 1 is 1.29 bits per heavy atom. The summed E-state index contributed by atoms with van der Waals surface area (Å²) < 4.78 is 2.16. The molecule has 0 radical (unpaired) electrons. The summed E-state index contributed by atoms with van der Waals surface area (Å²) in [6.07, 6.45) is 3.85. The number of nitrogens with one attached hydrogen (secondary N) is 1. The highest BCUT2D eigenvalue weighted by Crippen LogP contribution is 2.21. The third-order valence-corrected chi connectivity index (χ3v) is 2.98. The molecule has 1 aromatic carbocycles. The Morgan fingerprint density at radius 2 is 2.00 bits per heavy atom. The number of nitrogens with zero attached hydrogens (tertiary/aromatic N) is 2. The smallest absolute Gasteiger partial charge is 0.203 e. The molecule has 0 amide bonds. The van der Waals surface area contributed by atoms with E-state index in [1.165, 1.54) is 11.1 Å². The van der Waals surface area contributed by atoms with Gasteiger partial charge < -0.3 is 9.88 Å². The Morgan fingerprint density at radius 3 is 2.65 bits per heavy atom. The zero-order valence-electron chi connectivity index (χ0n) is 10.6. The molecule has 0 saturated carbocycles. The van der Waals surface area contributed by atoms with Gasteiger partial charge in [-0.25, -0.2) is 4.98 Å². The summed E-state index contributed by atoms with van der Waals surface area (Å²) in [6, 6.07) is 8.95. The van der Waals surface area contributed by atoms with Crippen molar-refractivity contribution in [1.29, 1.82) is 0 Å². The fourth-order valence-corrected chi connectivity index (χ4v) is 1.93. The molecule has 0 aliphatic heterocycles. The van der Waals surface area contributed by atoms with Crippen LogP contribution in [0.3, 0.4) is 0 Å². The van der Waals surface area contributed by atoms with E-state index in [9.17, 15) is 0 Å². The van der Waals surface area contributed by atoms with Crippen LogP contribution in [-0.2, 0) is 0 Å². The van der Waals surface area contributed by atoms with E-state index in [-0.39, 0.29) is 0 Å². The van der Waals surface area contributed by atoms with Gasteiger partial charge in [0.1, 0.15) is 0 Å². The average molecular weight is 229 g/mol. The van der Waals surface area contributed by atoms with Crippen molar-refractivity contribution < 1.29 is 0 Å². The summed E-state index contributed by atoms with van der Waals surface area (Å²) in [6.45, 7) is 7.26. The van der Waals surface area contributed by atoms with Crippen LogP contribution in [0.5, 0.6) is 0 Å². The van der Waals surface area contributed by atoms with Gasteiger partial charge in [0.15, 0.2) is 0 Å². The molecule has 0 aliphatic rings. The monoisotopic (exact) mass is 229 g/mol. The minimum Gasteiger partial charge on any atom is -0.356 e. The van der Waals surface area contributed by atoms with Gasteiger partial charge in [0, 0.05) is 18.9 Å². The van der Waals surface area contributed by atoms with E-state index >= 15 is 0 Å². The molecule has 90 valence electrons. The lowest BCUT2D eigenvalue weighted by atomic mass is 10.1. The lowest BCUT2D eigenvalue weighted by Crippen LogP contribution is -2.11. The SMILES string of the molecule is CCNc1nccn1C(C)c1ccc(C)cc1. The summed E-state index contributed by atoms with van der Waals surface area (Å²) in [7, 11) is 0. The largest absolute Gasteiger partial charge is 0.356 e. The molecule has 0 spiro atoms. The summed E-state index contributed by atoms with van der Waals surface area (Å²) in [5, 5.41) is 3.27. The average Bonchev–Trinajstić information content (AvgIpc) is 2.78. The van der Waals surface area contributed by atoms with Crippen LogP contribution in [0.2, 0.25) is 0 Å². The molecular formula is C14H19N3. The second-order valence-corrected chi connectivity index (χ2v) is 4.28. The van der Waals surface area contributed by atoms with Crippen LogP contribution in [0.4, 0.5) is 5.95 Å². The normalized spacial score (nSPS) is 12.4. The molecule has 0 saturated heterocycles. The minimum atomic E-state index is 0.298. The standard InChI is InChI=1S/C14H19N3/c1-4-15-14-16-9-10-17(14)12(3)13-7-5-11(2)6-8-13/h5-10,12H,4H2,1-3H3,(H,15,16). The first-order chi connectivity index (χ1) is 8.22. The third-order valence-electron chi connectivity index (χ3n) is 2.98. The minimum absolute atomic E-state index is 0.298. The number of hydrogen-bond donors (Lipinski definition) is 1. The molecule has 1 unspecified atom stereocenters. The fourth-order valence-electron chi connectivity index (χ4n) is 1.93. The number of aromatic nitrogens is 2. The van der Waals surface area contributed by atoms with E-state index in [0.717, 1.165) is 12.5 Å². The van der Waals surface area contributed by atoms with Gasteiger partial charge in [-0.2, -0.15) is 0 Å². The molecule has 3 heteroatoms. The number of rotatable bonds is 4. The quantitative estimate of drug-likeness (QED) is 0.872. The predicted molar refractivity (Wildman–Crippen MR) is 71.4 cm³/mol. The number of anilines is 1. The second kappa shape index (κ2) is 5.04. The lowest BCUT2D eigenvalue weighted by molar-refractivity contribution is 0.644. The Bertz CT molecular complexity index is 470. The van der Waals surface area contributed by atoms with Crippen molar-refractivity contribution in [3.8, 4) is 0 Å². The summed E-state index contributed by atoms with van der Waals surface area (Å²) in [5.74, 6) is 0.931. The summed E-state index contributed by atoms with van der Waals surface area (Å²) in [5.41, 5.74) is 2.59. The molecular weight excluding hydrogens is 210 g/mol. The van der Waals surface area contributed by atoms with Gasteiger partial charge >= 0.3 is 0 Å². The van der Waals surface area contributed by atoms with Gasteiger partial charge in [-0.15, -0.1) is 0 Å². The highest BCUT2D eigenvalue weighted by Gasteiger charge is 2.10. The van der Waals surface area contributed by atoms with E-state index < -0.39 is 0 Å². The maximum atomic E-state index is 4.32. The maximum Gasteiger partial charge on any atom is 0.203 e. The van der Waals surface area contributed by atoms with Crippen LogP contribution in [0.25, 0.3) is 0 Å². The molecule has 17 heavy (non-hydrogen) atoms. The molecule has 1 heterocycles. The Labute approximate surface area is 103 Å². The second-order valence-electron chi connectivity index (χ2n) is 4.28. The van der Waals surface area contributed by atoms with Crippen molar-refractivity contribution in [2.24, 2.45) is 0 Å². The van der Waals surface area contributed by atoms with Crippen LogP contribution in [0, 0.1) is 6.92 Å². The van der Waals surface area contributed by atoms with Gasteiger partial charge in [0.25, 0.3) is 0 Å². The van der Waals surface area contributed by atoms with Crippen LogP contribution in [-0.4, -0.2) is 16.1 Å². The van der Waals surface area contributed by atoms with E-state index in [0.29, 0.717) is 6.04 Å². The fraction of sp³-hybridized carbons (Fsp3) is 0.357. The number of benzene rings is 1. The number of imidazole rings is 1. The summed E-state index contributed by atoms with van der Waals surface area (Å²) >= 11 is 0. The Balaban J connectivity index is 2.26. The van der Waals surface area contributed by atoms with Crippen molar-refractivity contribution in [1.82, 2.24) is 9.55 Å². The first kappa shape index (κ1) is 11.7. The molecule has 3 nitrogen and oxygen atoms in total. The molecule has 0 fully saturated rings. The van der Waals surface area contributed by atoms with Gasteiger partial charge in [0.05, 0.1) is 6.04 Å². The molecule has 2 rings (SSSR count). The van der Waals surface area contributed by atoms with Gasteiger partial charge in [-0.05, 0) is 26.3 Å². The Hall–Kier alpha value is -1.77. The first-order valence-corrected chi connectivity index (χ1v) is 6.05. The number of hydrogen-bond acceptors (Lipinski definition) is 2. The third kappa shape index (κ3) is 2.49. The van der Waals surface area contributed by atoms with E-state index in [2.05, 4.69) is 59.9 Å².